The van der Waals surface area contributed by atoms with Crippen LogP contribution in [-0.2, 0) is 0 Å². The molecule has 3 aliphatic rings. The van der Waals surface area contributed by atoms with Crippen molar-refractivity contribution in [3.05, 3.63) is 0 Å². The van der Waals surface area contributed by atoms with Gasteiger partial charge in [0.15, 0.2) is 0 Å². The van der Waals surface area contributed by atoms with E-state index >= 15 is 0 Å². The highest BCUT2D eigenvalue weighted by atomic mass is 16.3. The number of aliphatic hydroxyl groups is 1. The summed E-state index contributed by atoms with van der Waals surface area (Å²) < 4.78 is 0. The molecule has 1 heteroatoms. The quantitative estimate of drug-likeness (QED) is 0.771. The molecule has 3 unspecified atom stereocenters. The van der Waals surface area contributed by atoms with E-state index in [1.807, 2.05) is 0 Å². The van der Waals surface area contributed by atoms with Crippen molar-refractivity contribution in [3.63, 3.8) is 0 Å². The number of aliphatic hydroxyl groups excluding tert-OH is 1. The first-order valence-corrected chi connectivity index (χ1v) is 7.54. The van der Waals surface area contributed by atoms with Gasteiger partial charge >= 0.3 is 0 Å². The van der Waals surface area contributed by atoms with E-state index < -0.39 is 0 Å². The minimum atomic E-state index is 0.0520. The fraction of sp³-hybridized carbons (Fsp3) is 1.00. The second-order valence-electron chi connectivity index (χ2n) is 6.50. The van der Waals surface area contributed by atoms with Crippen LogP contribution < -0.4 is 0 Å². The van der Waals surface area contributed by atoms with Crippen LogP contribution >= 0.6 is 0 Å². The van der Waals surface area contributed by atoms with E-state index in [0.29, 0.717) is 5.92 Å². The van der Waals surface area contributed by atoms with Gasteiger partial charge in [0.25, 0.3) is 0 Å². The molecule has 0 spiro atoms. The number of fused-ring (bicyclic) bond motifs is 1. The van der Waals surface area contributed by atoms with E-state index in [-0.39, 0.29) is 6.10 Å². The van der Waals surface area contributed by atoms with Gasteiger partial charge in [0, 0.05) is 0 Å². The van der Waals surface area contributed by atoms with Gasteiger partial charge in [-0.05, 0) is 42.9 Å². The van der Waals surface area contributed by atoms with Crippen molar-refractivity contribution in [3.8, 4) is 0 Å². The molecule has 0 aromatic heterocycles. The number of hydrogen-bond acceptors (Lipinski definition) is 1. The highest BCUT2D eigenvalue weighted by molar-refractivity contribution is 5.02. The van der Waals surface area contributed by atoms with Crippen LogP contribution in [-0.4, -0.2) is 11.2 Å². The fourth-order valence-electron chi connectivity index (χ4n) is 4.54. The summed E-state index contributed by atoms with van der Waals surface area (Å²) in [5.41, 5.74) is 0. The molecular formula is C15H26O. The molecule has 3 atom stereocenters. The molecule has 3 fully saturated rings. The van der Waals surface area contributed by atoms with Crippen molar-refractivity contribution in [2.75, 3.05) is 0 Å². The molecule has 0 radical (unpaired) electrons. The predicted octanol–water partition coefficient (Wildman–Crippen LogP) is 3.75. The molecule has 92 valence electrons. The molecule has 0 aromatic rings. The van der Waals surface area contributed by atoms with Gasteiger partial charge in [0.05, 0.1) is 6.10 Å². The van der Waals surface area contributed by atoms with Crippen LogP contribution in [0.15, 0.2) is 0 Å². The molecule has 0 aliphatic heterocycles. The Morgan fingerprint density at radius 3 is 2.00 bits per heavy atom. The molecule has 3 rings (SSSR count). The van der Waals surface area contributed by atoms with Crippen molar-refractivity contribution >= 4 is 0 Å². The summed E-state index contributed by atoms with van der Waals surface area (Å²) in [5, 5.41) is 10.4. The summed E-state index contributed by atoms with van der Waals surface area (Å²) in [6.07, 6.45) is 13.9. The average molecular weight is 222 g/mol. The SMILES string of the molecule is OC(CC1CCCCC1)C1C2CCCCC21. The van der Waals surface area contributed by atoms with Gasteiger partial charge in [-0.2, -0.15) is 0 Å². The smallest absolute Gasteiger partial charge is 0.0576 e. The van der Waals surface area contributed by atoms with Gasteiger partial charge in [0.2, 0.25) is 0 Å². The van der Waals surface area contributed by atoms with Crippen molar-refractivity contribution < 1.29 is 5.11 Å². The Labute approximate surface area is 99.6 Å². The summed E-state index contributed by atoms with van der Waals surface area (Å²) >= 11 is 0. The Morgan fingerprint density at radius 2 is 1.38 bits per heavy atom. The topological polar surface area (TPSA) is 20.2 Å². The molecule has 1 nitrogen and oxygen atoms in total. The highest BCUT2D eigenvalue weighted by Crippen LogP contribution is 2.57. The van der Waals surface area contributed by atoms with E-state index in [1.165, 1.54) is 57.8 Å². The Hall–Kier alpha value is -0.0400. The second kappa shape index (κ2) is 4.68. The van der Waals surface area contributed by atoms with Crippen LogP contribution in [0.3, 0.4) is 0 Å². The van der Waals surface area contributed by atoms with Crippen LogP contribution in [0, 0.1) is 23.7 Å². The standard InChI is InChI=1S/C15H26O/c16-14(10-11-6-2-1-3-7-11)15-12-8-4-5-9-13(12)15/h11-16H,1-10H2. The number of rotatable bonds is 3. The van der Waals surface area contributed by atoms with Gasteiger partial charge in [-0.3, -0.25) is 0 Å². The molecule has 3 aliphatic carbocycles. The maximum absolute atomic E-state index is 10.4. The van der Waals surface area contributed by atoms with E-state index in [1.54, 1.807) is 0 Å². The van der Waals surface area contributed by atoms with E-state index in [0.717, 1.165) is 24.2 Å². The van der Waals surface area contributed by atoms with Crippen molar-refractivity contribution in [1.82, 2.24) is 0 Å². The van der Waals surface area contributed by atoms with E-state index in [4.69, 9.17) is 0 Å². The van der Waals surface area contributed by atoms with Crippen molar-refractivity contribution in [2.24, 2.45) is 23.7 Å². The normalized spacial score (nSPS) is 41.4. The molecule has 0 heterocycles. The number of hydrogen-bond donors (Lipinski definition) is 1. The first-order chi connectivity index (χ1) is 7.86. The molecular weight excluding hydrogens is 196 g/mol. The summed E-state index contributed by atoms with van der Waals surface area (Å²) in [6, 6.07) is 0. The third-order valence-electron chi connectivity index (χ3n) is 5.47. The largest absolute Gasteiger partial charge is 0.393 e. The molecule has 16 heavy (non-hydrogen) atoms. The zero-order valence-electron chi connectivity index (χ0n) is 10.4. The minimum absolute atomic E-state index is 0.0520. The highest BCUT2D eigenvalue weighted by Gasteiger charge is 2.53. The minimum Gasteiger partial charge on any atom is -0.393 e. The van der Waals surface area contributed by atoms with Gasteiger partial charge in [-0.1, -0.05) is 44.9 Å². The monoisotopic (exact) mass is 222 g/mol. The first kappa shape index (κ1) is 11.1. The van der Waals surface area contributed by atoms with Gasteiger partial charge in [-0.25, -0.2) is 0 Å². The average Bonchev–Trinajstić information content (AvgIpc) is 3.04. The third kappa shape index (κ3) is 2.16. The lowest BCUT2D eigenvalue weighted by Gasteiger charge is -2.24. The first-order valence-electron chi connectivity index (χ1n) is 7.54. The zero-order chi connectivity index (χ0) is 11.0. The van der Waals surface area contributed by atoms with Gasteiger partial charge in [-0.15, -0.1) is 0 Å². The fourth-order valence-corrected chi connectivity index (χ4v) is 4.54. The van der Waals surface area contributed by atoms with Gasteiger partial charge in [0.1, 0.15) is 0 Å². The summed E-state index contributed by atoms with van der Waals surface area (Å²) in [4.78, 5) is 0. The van der Waals surface area contributed by atoms with Crippen LogP contribution in [0.25, 0.3) is 0 Å². The van der Waals surface area contributed by atoms with Crippen LogP contribution in [0.4, 0.5) is 0 Å². The third-order valence-corrected chi connectivity index (χ3v) is 5.47. The van der Waals surface area contributed by atoms with Crippen LogP contribution in [0.2, 0.25) is 0 Å². The maximum atomic E-state index is 10.4. The lowest BCUT2D eigenvalue weighted by Crippen LogP contribution is -2.19. The predicted molar refractivity (Wildman–Crippen MR) is 66.1 cm³/mol. The Kier molecular flexibility index (Phi) is 3.24. The summed E-state index contributed by atoms with van der Waals surface area (Å²) in [5.74, 6) is 3.41. The second-order valence-corrected chi connectivity index (χ2v) is 6.50. The van der Waals surface area contributed by atoms with Crippen LogP contribution in [0.1, 0.15) is 64.2 Å². The van der Waals surface area contributed by atoms with Gasteiger partial charge < -0.3 is 5.11 Å². The molecule has 0 bridgehead atoms. The summed E-state index contributed by atoms with van der Waals surface area (Å²) in [6.45, 7) is 0. The Morgan fingerprint density at radius 1 is 0.812 bits per heavy atom. The zero-order valence-corrected chi connectivity index (χ0v) is 10.4. The van der Waals surface area contributed by atoms with E-state index in [2.05, 4.69) is 0 Å². The Bertz CT molecular complexity index is 220. The maximum Gasteiger partial charge on any atom is 0.0576 e. The lowest BCUT2D eigenvalue weighted by atomic mass is 9.84. The van der Waals surface area contributed by atoms with E-state index in [9.17, 15) is 5.11 Å². The van der Waals surface area contributed by atoms with Crippen LogP contribution in [0.5, 0.6) is 0 Å². The lowest BCUT2D eigenvalue weighted by molar-refractivity contribution is 0.101. The van der Waals surface area contributed by atoms with Crippen molar-refractivity contribution in [2.45, 2.75) is 70.3 Å². The molecule has 3 saturated carbocycles. The molecule has 0 saturated heterocycles. The van der Waals surface area contributed by atoms with Crippen molar-refractivity contribution in [1.29, 1.82) is 0 Å². The summed E-state index contributed by atoms with van der Waals surface area (Å²) in [7, 11) is 0. The molecule has 0 amide bonds. The Balaban J connectivity index is 1.48. The molecule has 1 N–H and O–H groups in total. The molecule has 0 aromatic carbocycles.